The molecule has 2 aromatic heterocycles. The predicted octanol–water partition coefficient (Wildman–Crippen LogP) is 2.50. The Morgan fingerprint density at radius 3 is 2.81 bits per heavy atom. The van der Waals surface area contributed by atoms with Crippen molar-refractivity contribution in [2.45, 2.75) is 18.9 Å². The molecule has 0 unspecified atom stereocenters. The van der Waals surface area contributed by atoms with E-state index in [1.165, 1.54) is 6.26 Å². The fourth-order valence-electron chi connectivity index (χ4n) is 3.38. The Hall–Kier alpha value is -3.35. The minimum absolute atomic E-state index is 0.101. The van der Waals surface area contributed by atoms with Gasteiger partial charge in [-0.05, 0) is 43.2 Å². The Bertz CT molecular complexity index is 919. The molecule has 3 heterocycles. The maximum atomic E-state index is 12.9. The lowest BCUT2D eigenvalue weighted by molar-refractivity contribution is 0.0647. The van der Waals surface area contributed by atoms with Crippen LogP contribution in [-0.4, -0.2) is 45.6 Å². The number of carbonyl (C=O) groups excluding carboxylic acids is 2. The van der Waals surface area contributed by atoms with Gasteiger partial charge in [0.1, 0.15) is 0 Å². The lowest BCUT2D eigenvalue weighted by Gasteiger charge is -2.32. The molecular formula is C20H20N4O3. The summed E-state index contributed by atoms with van der Waals surface area (Å²) in [5, 5.41) is 7.28. The lowest BCUT2D eigenvalue weighted by atomic mass is 10.0. The summed E-state index contributed by atoms with van der Waals surface area (Å²) in [5.74, 6) is 0.0142. The second-order valence-corrected chi connectivity index (χ2v) is 6.51. The maximum absolute atomic E-state index is 12.9. The highest BCUT2D eigenvalue weighted by molar-refractivity contribution is 5.98. The summed E-state index contributed by atoms with van der Waals surface area (Å²) in [6.07, 6.45) is 6.63. The van der Waals surface area contributed by atoms with E-state index in [1.54, 1.807) is 40.2 Å². The topological polar surface area (TPSA) is 80.4 Å². The van der Waals surface area contributed by atoms with E-state index in [0.717, 1.165) is 18.5 Å². The van der Waals surface area contributed by atoms with Crippen LogP contribution in [0.2, 0.25) is 0 Å². The number of hydrogen-bond donors (Lipinski definition) is 1. The van der Waals surface area contributed by atoms with E-state index < -0.39 is 0 Å². The second-order valence-electron chi connectivity index (χ2n) is 6.51. The van der Waals surface area contributed by atoms with E-state index in [9.17, 15) is 9.59 Å². The fraction of sp³-hybridized carbons (Fsp3) is 0.250. The molecule has 138 valence electrons. The van der Waals surface area contributed by atoms with Crippen LogP contribution in [0.5, 0.6) is 0 Å². The Balaban J connectivity index is 1.46. The number of likely N-dealkylation sites (tertiary alicyclic amines) is 1. The van der Waals surface area contributed by atoms with Crippen molar-refractivity contribution in [2.24, 2.45) is 0 Å². The Morgan fingerprint density at radius 1 is 1.15 bits per heavy atom. The van der Waals surface area contributed by atoms with Crippen molar-refractivity contribution >= 4 is 11.8 Å². The van der Waals surface area contributed by atoms with Crippen LogP contribution in [0.1, 0.15) is 33.8 Å². The molecule has 0 bridgehead atoms. The van der Waals surface area contributed by atoms with E-state index in [1.807, 2.05) is 24.3 Å². The minimum Gasteiger partial charge on any atom is -0.459 e. The molecule has 1 aliphatic heterocycles. The molecule has 0 aliphatic carbocycles. The van der Waals surface area contributed by atoms with Crippen LogP contribution in [0.15, 0.2) is 65.5 Å². The monoisotopic (exact) mass is 364 g/mol. The van der Waals surface area contributed by atoms with Gasteiger partial charge in [0.15, 0.2) is 5.76 Å². The van der Waals surface area contributed by atoms with E-state index in [2.05, 4.69) is 10.4 Å². The number of furan rings is 1. The molecule has 1 aliphatic rings. The predicted molar refractivity (Wildman–Crippen MR) is 98.7 cm³/mol. The SMILES string of the molecule is O=C(N[C@H]1CCCN(C(=O)c2ccco2)C1)c1ccccc1-n1cccn1. The number of para-hydroxylation sites is 1. The summed E-state index contributed by atoms with van der Waals surface area (Å²) in [5.41, 5.74) is 1.27. The van der Waals surface area contributed by atoms with Crippen molar-refractivity contribution in [1.82, 2.24) is 20.0 Å². The molecular weight excluding hydrogens is 344 g/mol. The van der Waals surface area contributed by atoms with Crippen LogP contribution >= 0.6 is 0 Å². The number of nitrogens with zero attached hydrogens (tertiary/aromatic N) is 3. The molecule has 7 heteroatoms. The van der Waals surface area contributed by atoms with Crippen molar-refractivity contribution in [3.63, 3.8) is 0 Å². The first-order chi connectivity index (χ1) is 13.2. The van der Waals surface area contributed by atoms with Gasteiger partial charge in [-0.15, -0.1) is 0 Å². The number of nitrogens with one attached hydrogen (secondary N) is 1. The van der Waals surface area contributed by atoms with Crippen molar-refractivity contribution in [1.29, 1.82) is 0 Å². The molecule has 1 aromatic carbocycles. The maximum Gasteiger partial charge on any atom is 0.289 e. The first-order valence-corrected chi connectivity index (χ1v) is 8.95. The van der Waals surface area contributed by atoms with Crippen molar-refractivity contribution in [3.8, 4) is 5.69 Å². The van der Waals surface area contributed by atoms with Gasteiger partial charge >= 0.3 is 0 Å². The molecule has 27 heavy (non-hydrogen) atoms. The average Bonchev–Trinajstić information content (AvgIpc) is 3.41. The van der Waals surface area contributed by atoms with Crippen LogP contribution in [0.25, 0.3) is 5.69 Å². The first kappa shape index (κ1) is 17.1. The number of aromatic nitrogens is 2. The van der Waals surface area contributed by atoms with Gasteiger partial charge in [-0.1, -0.05) is 12.1 Å². The molecule has 2 amide bonds. The molecule has 1 fully saturated rings. The summed E-state index contributed by atoms with van der Waals surface area (Å²) < 4.78 is 6.87. The number of amides is 2. The number of rotatable bonds is 4. The molecule has 0 spiro atoms. The van der Waals surface area contributed by atoms with Gasteiger partial charge in [-0.3, -0.25) is 9.59 Å². The fourth-order valence-corrected chi connectivity index (χ4v) is 3.38. The molecule has 3 aromatic rings. The Kier molecular flexibility index (Phi) is 4.74. The summed E-state index contributed by atoms with van der Waals surface area (Å²) in [7, 11) is 0. The van der Waals surface area contributed by atoms with Gasteiger partial charge in [0.25, 0.3) is 11.8 Å². The zero-order chi connectivity index (χ0) is 18.6. The zero-order valence-electron chi connectivity index (χ0n) is 14.7. The van der Waals surface area contributed by atoms with Gasteiger partial charge in [-0.2, -0.15) is 5.10 Å². The third kappa shape index (κ3) is 3.62. The standard InChI is InChI=1S/C20H20N4O3/c25-19(16-7-1-2-8-17(16)24-12-5-10-21-24)22-15-6-3-11-23(14-15)20(26)18-9-4-13-27-18/h1-2,4-5,7-10,12-13,15H,3,6,11,14H2,(H,22,25)/t15-/m0/s1. The minimum atomic E-state index is -0.168. The molecule has 0 saturated carbocycles. The van der Waals surface area contributed by atoms with Crippen molar-refractivity contribution in [3.05, 3.63) is 72.4 Å². The molecule has 1 saturated heterocycles. The summed E-state index contributed by atoms with van der Waals surface area (Å²) in [4.78, 5) is 27.1. The molecule has 0 radical (unpaired) electrons. The molecule has 4 rings (SSSR count). The van der Waals surface area contributed by atoms with Gasteiger partial charge < -0.3 is 14.6 Å². The van der Waals surface area contributed by atoms with Crippen LogP contribution in [0.4, 0.5) is 0 Å². The number of hydrogen-bond acceptors (Lipinski definition) is 4. The quantitative estimate of drug-likeness (QED) is 0.771. The number of piperidine rings is 1. The Labute approximate surface area is 156 Å². The first-order valence-electron chi connectivity index (χ1n) is 8.95. The van der Waals surface area contributed by atoms with Crippen LogP contribution < -0.4 is 5.32 Å². The second kappa shape index (κ2) is 7.49. The van der Waals surface area contributed by atoms with E-state index in [4.69, 9.17) is 4.42 Å². The molecule has 1 atom stereocenters. The van der Waals surface area contributed by atoms with Crippen LogP contribution in [0, 0.1) is 0 Å². The Morgan fingerprint density at radius 2 is 2.04 bits per heavy atom. The van der Waals surface area contributed by atoms with Crippen molar-refractivity contribution < 1.29 is 14.0 Å². The van der Waals surface area contributed by atoms with E-state index in [0.29, 0.717) is 24.4 Å². The van der Waals surface area contributed by atoms with Gasteiger partial charge in [-0.25, -0.2) is 4.68 Å². The third-order valence-electron chi connectivity index (χ3n) is 4.68. The highest BCUT2D eigenvalue weighted by atomic mass is 16.3. The summed E-state index contributed by atoms with van der Waals surface area (Å²) in [6.45, 7) is 1.13. The summed E-state index contributed by atoms with van der Waals surface area (Å²) in [6, 6.07) is 12.4. The van der Waals surface area contributed by atoms with Crippen LogP contribution in [-0.2, 0) is 0 Å². The smallest absolute Gasteiger partial charge is 0.289 e. The highest BCUT2D eigenvalue weighted by Gasteiger charge is 2.27. The van der Waals surface area contributed by atoms with Gasteiger partial charge in [0.2, 0.25) is 0 Å². The summed E-state index contributed by atoms with van der Waals surface area (Å²) >= 11 is 0. The van der Waals surface area contributed by atoms with Crippen molar-refractivity contribution in [2.75, 3.05) is 13.1 Å². The highest BCUT2D eigenvalue weighted by Crippen LogP contribution is 2.17. The zero-order valence-corrected chi connectivity index (χ0v) is 14.7. The van der Waals surface area contributed by atoms with Gasteiger partial charge in [0, 0.05) is 31.5 Å². The molecule has 7 nitrogen and oxygen atoms in total. The normalized spacial score (nSPS) is 16.9. The molecule has 1 N–H and O–H groups in total. The van der Waals surface area contributed by atoms with Crippen LogP contribution in [0.3, 0.4) is 0 Å². The van der Waals surface area contributed by atoms with E-state index in [-0.39, 0.29) is 17.9 Å². The third-order valence-corrected chi connectivity index (χ3v) is 4.68. The van der Waals surface area contributed by atoms with Gasteiger partial charge in [0.05, 0.1) is 17.5 Å². The largest absolute Gasteiger partial charge is 0.459 e. The van der Waals surface area contributed by atoms with E-state index >= 15 is 0 Å². The average molecular weight is 364 g/mol. The number of carbonyl (C=O) groups is 2. The lowest BCUT2D eigenvalue weighted by Crippen LogP contribution is -2.49. The number of benzene rings is 1.